The molecule has 79 heavy (non-hydrogen) atoms. The third-order valence-corrected chi connectivity index (χ3v) is 15.2. The van der Waals surface area contributed by atoms with Gasteiger partial charge < -0.3 is 54.9 Å². The highest BCUT2D eigenvalue weighted by atomic mass is 79.9. The van der Waals surface area contributed by atoms with E-state index in [4.69, 9.17) is 24.7 Å². The lowest BCUT2D eigenvalue weighted by Gasteiger charge is -2.35. The second-order valence-corrected chi connectivity index (χ2v) is 22.2. The zero-order chi connectivity index (χ0) is 54.5. The molecule has 422 valence electrons. The smallest absolute Gasteiger partial charge is 0.225 e. The van der Waals surface area contributed by atoms with E-state index in [1.165, 1.54) is 12.1 Å². The maximum Gasteiger partial charge on any atom is 0.225 e. The average molecular weight is 1290 g/mol. The number of fused-ring (bicyclic) bond motifs is 1. The third-order valence-electron chi connectivity index (χ3n) is 14.0. The van der Waals surface area contributed by atoms with E-state index in [-0.39, 0.29) is 37.4 Å². The SMILES string of the molecule is C.C[C@](N)(c1ccc(F)cc1)c1cnc(N2CCN(c3ncnn4cc(-c5cnn([C@H]6COC[C@@H]6O)c5)cc34)CC2)nc1.O[C@@H]1COC[C@H]1n1cc(Br)cn1.O[C@H]1COC[C@@H]1n1cc(Br)cn1.O[C@H]1COC[C@@H]1n1cc(Br)cn1. The summed E-state index contributed by atoms with van der Waals surface area (Å²) in [6.07, 6.45) is 19.5. The first-order valence-electron chi connectivity index (χ1n) is 25.1. The van der Waals surface area contributed by atoms with Gasteiger partial charge in [0.15, 0.2) is 5.82 Å². The van der Waals surface area contributed by atoms with Crippen molar-refractivity contribution in [2.45, 2.75) is 68.5 Å². The number of piperazine rings is 1. The molecule has 5 saturated heterocycles. The number of hydrogen-bond donors (Lipinski definition) is 5. The molecule has 8 aromatic rings. The number of halogens is 4. The lowest BCUT2D eigenvalue weighted by atomic mass is 9.87. The van der Waals surface area contributed by atoms with Gasteiger partial charge in [-0.25, -0.2) is 23.9 Å². The minimum absolute atomic E-state index is 0. The quantitative estimate of drug-likeness (QED) is 0.134. The Morgan fingerprint density at radius 1 is 0.532 bits per heavy atom. The summed E-state index contributed by atoms with van der Waals surface area (Å²) in [6.45, 7) is 8.38. The highest BCUT2D eigenvalue weighted by Gasteiger charge is 2.32. The summed E-state index contributed by atoms with van der Waals surface area (Å²) in [4.78, 5) is 18.2. The molecule has 13 rings (SSSR count). The number of ether oxygens (including phenoxy) is 4. The monoisotopic (exact) mass is 1280 g/mol. The molecule has 0 amide bonds. The largest absolute Gasteiger partial charge is 0.388 e. The van der Waals surface area contributed by atoms with Gasteiger partial charge >= 0.3 is 0 Å². The maximum absolute atomic E-state index is 13.4. The van der Waals surface area contributed by atoms with Crippen LogP contribution in [0.25, 0.3) is 16.6 Å². The Balaban J connectivity index is 0.000000164. The third kappa shape index (κ3) is 13.6. The molecule has 12 heterocycles. The molecule has 6 N–H and O–H groups in total. The van der Waals surface area contributed by atoms with Crippen molar-refractivity contribution < 1.29 is 43.8 Å². The van der Waals surface area contributed by atoms with Crippen molar-refractivity contribution in [3.63, 3.8) is 0 Å². The molecule has 5 aliphatic rings. The van der Waals surface area contributed by atoms with Gasteiger partial charge in [0.2, 0.25) is 5.95 Å². The van der Waals surface area contributed by atoms with Crippen molar-refractivity contribution in [3.05, 3.63) is 135 Å². The van der Waals surface area contributed by atoms with Crippen molar-refractivity contribution in [3.8, 4) is 11.1 Å². The Kier molecular flexibility index (Phi) is 19.0. The molecule has 1 aromatic carbocycles. The van der Waals surface area contributed by atoms with E-state index in [9.17, 15) is 24.8 Å². The van der Waals surface area contributed by atoms with E-state index >= 15 is 0 Å². The van der Waals surface area contributed by atoms with Crippen LogP contribution in [0.2, 0.25) is 0 Å². The van der Waals surface area contributed by atoms with E-state index in [1.54, 1.807) is 74.4 Å². The zero-order valence-corrected chi connectivity index (χ0v) is 46.9. The van der Waals surface area contributed by atoms with Gasteiger partial charge in [-0.05, 0) is 78.5 Å². The van der Waals surface area contributed by atoms with E-state index in [0.29, 0.717) is 58.8 Å². The summed E-state index contributed by atoms with van der Waals surface area (Å²) >= 11 is 9.88. The highest BCUT2D eigenvalue weighted by Crippen LogP contribution is 2.31. The number of hydrogen-bond acceptors (Lipinski definition) is 19. The average Bonchev–Trinajstić information content (AvgIpc) is 4.30. The molecule has 0 bridgehead atoms. The molecule has 5 aliphatic heterocycles. The van der Waals surface area contributed by atoms with Crippen LogP contribution >= 0.6 is 47.8 Å². The van der Waals surface area contributed by atoms with Gasteiger partial charge in [0.1, 0.15) is 66.2 Å². The van der Waals surface area contributed by atoms with Crippen LogP contribution in [0.15, 0.2) is 118 Å². The number of aliphatic hydroxyl groups is 4. The van der Waals surface area contributed by atoms with Crippen LogP contribution in [0.4, 0.5) is 16.2 Å². The topological polar surface area (TPSA) is 278 Å². The van der Waals surface area contributed by atoms with E-state index in [0.717, 1.165) is 73.2 Å². The minimum Gasteiger partial charge on any atom is -0.388 e. The number of anilines is 2. The van der Waals surface area contributed by atoms with Crippen LogP contribution in [-0.4, -0.2) is 188 Å². The molecule has 7 aromatic heterocycles. The Morgan fingerprint density at radius 2 is 0.962 bits per heavy atom. The predicted molar refractivity (Wildman–Crippen MR) is 298 cm³/mol. The van der Waals surface area contributed by atoms with Gasteiger partial charge in [-0.15, -0.1) is 0 Å². The Hall–Kier alpha value is -5.63. The van der Waals surface area contributed by atoms with Gasteiger partial charge in [-0.3, -0.25) is 18.7 Å². The second kappa shape index (κ2) is 25.9. The first kappa shape index (κ1) is 58.0. The Morgan fingerprint density at radius 3 is 1.38 bits per heavy atom. The molecule has 0 unspecified atom stereocenters. The number of aliphatic hydroxyl groups excluding tert-OH is 4. The fourth-order valence-corrected chi connectivity index (χ4v) is 10.4. The first-order chi connectivity index (χ1) is 37.7. The van der Waals surface area contributed by atoms with Crippen molar-refractivity contribution >= 4 is 65.1 Å². The van der Waals surface area contributed by atoms with Crippen LogP contribution in [0.1, 0.15) is 49.6 Å². The van der Waals surface area contributed by atoms with E-state index in [1.807, 2.05) is 42.4 Å². The Labute approximate surface area is 479 Å². The van der Waals surface area contributed by atoms with Crippen LogP contribution < -0.4 is 15.5 Å². The van der Waals surface area contributed by atoms with E-state index in [2.05, 4.69) is 104 Å². The van der Waals surface area contributed by atoms with Crippen molar-refractivity contribution in [2.24, 2.45) is 5.73 Å². The van der Waals surface area contributed by atoms with E-state index < -0.39 is 30.0 Å². The minimum atomic E-state index is -0.843. The summed E-state index contributed by atoms with van der Waals surface area (Å²) in [7, 11) is 0. The highest BCUT2D eigenvalue weighted by molar-refractivity contribution is 9.11. The van der Waals surface area contributed by atoms with Crippen LogP contribution in [-0.2, 0) is 24.5 Å². The zero-order valence-electron chi connectivity index (χ0n) is 42.1. The molecular weight excluding hydrogens is 1220 g/mol. The maximum atomic E-state index is 13.4. The molecular formula is C51H62Br3FN16O8. The molecule has 0 spiro atoms. The number of nitrogens with zero attached hydrogens (tertiary/aromatic N) is 15. The molecule has 0 radical (unpaired) electrons. The number of benzene rings is 1. The molecule has 24 nitrogen and oxygen atoms in total. The van der Waals surface area contributed by atoms with Gasteiger partial charge in [0.25, 0.3) is 0 Å². The molecule has 9 atom stereocenters. The molecule has 0 saturated carbocycles. The molecule has 0 aliphatic carbocycles. The van der Waals surface area contributed by atoms with Gasteiger partial charge in [-0.2, -0.15) is 25.5 Å². The predicted octanol–water partition coefficient (Wildman–Crippen LogP) is 4.37. The van der Waals surface area contributed by atoms with Gasteiger partial charge in [-0.1, -0.05) is 19.6 Å². The normalized spacial score (nSPS) is 24.5. The number of aromatic nitrogens is 13. The lowest BCUT2D eigenvalue weighted by molar-refractivity contribution is 0.118. The lowest BCUT2D eigenvalue weighted by Crippen LogP contribution is -2.47. The number of nitrogens with two attached hydrogens (primary N) is 1. The van der Waals surface area contributed by atoms with Crippen LogP contribution in [0.3, 0.4) is 0 Å². The van der Waals surface area contributed by atoms with Gasteiger partial charge in [0, 0.05) is 86.2 Å². The standard InChI is InChI=1S/C29H31FN10O2.3C7H9BrN2O2.CH4/c1-29(31,21-2-4-23(30)5-3-21)22-12-32-28(33-13-22)38-8-6-37(7-9-38)27-24-10-19(14-39(24)36-18-34-27)20-11-35-40(15-20)25-16-42-17-26(25)41;3*8-5-1-9-10(2-5)6-3-12-4-7(6)11;/h2-5,10-15,18,25-26,41H,6-9,16-17,31H2,1H3;3*1-2,6-7,11H,3-4H2;1H4/t25-,26-,29-;3*6-,7-;/m0100./s1. The summed E-state index contributed by atoms with van der Waals surface area (Å²) in [5, 5.41) is 59.6. The second-order valence-electron chi connectivity index (χ2n) is 19.4. The summed E-state index contributed by atoms with van der Waals surface area (Å²) in [5.41, 5.74) is 10.1. The summed E-state index contributed by atoms with van der Waals surface area (Å²) in [5.74, 6) is 1.20. The number of rotatable bonds is 9. The first-order valence-corrected chi connectivity index (χ1v) is 27.4. The molecule has 5 fully saturated rings. The summed E-state index contributed by atoms with van der Waals surface area (Å²) in [6, 6.07) is 7.97. The van der Waals surface area contributed by atoms with Crippen molar-refractivity contribution in [1.29, 1.82) is 0 Å². The fourth-order valence-electron chi connectivity index (χ4n) is 9.45. The Bertz CT molecular complexity index is 3070. The fraction of sp³-hybridized carbons (Fsp3) is 0.451. The summed E-state index contributed by atoms with van der Waals surface area (Å²) < 4.78 is 45.6. The molecule has 28 heteroatoms. The van der Waals surface area contributed by atoms with Crippen LogP contribution in [0.5, 0.6) is 0 Å². The van der Waals surface area contributed by atoms with Crippen molar-refractivity contribution in [1.82, 2.24) is 63.7 Å². The van der Waals surface area contributed by atoms with Crippen LogP contribution in [0, 0.1) is 5.82 Å². The van der Waals surface area contributed by atoms with Gasteiger partial charge in [0.05, 0.1) is 96.6 Å². The van der Waals surface area contributed by atoms with Crippen molar-refractivity contribution in [2.75, 3.05) is 88.8 Å².